The number of rotatable bonds is 5. The first kappa shape index (κ1) is 17.8. The third-order valence-electron chi connectivity index (χ3n) is 3.46. The molecular formula is C15H29N3O3. The molecule has 1 aliphatic heterocycles. The van der Waals surface area contributed by atoms with Gasteiger partial charge in [-0.15, -0.1) is 0 Å². The van der Waals surface area contributed by atoms with Gasteiger partial charge in [0.05, 0.1) is 6.54 Å². The van der Waals surface area contributed by atoms with E-state index in [1.54, 1.807) is 0 Å². The van der Waals surface area contributed by atoms with Crippen LogP contribution in [-0.2, 0) is 9.53 Å². The number of carbonyl (C=O) groups is 2. The molecule has 0 aromatic rings. The Morgan fingerprint density at radius 3 is 2.62 bits per heavy atom. The number of hydrogen-bond donors (Lipinski definition) is 2. The van der Waals surface area contributed by atoms with Crippen molar-refractivity contribution < 1.29 is 14.3 Å². The highest BCUT2D eigenvalue weighted by molar-refractivity contribution is 5.78. The van der Waals surface area contributed by atoms with Crippen LogP contribution in [0.5, 0.6) is 0 Å². The van der Waals surface area contributed by atoms with Crippen LogP contribution in [0.1, 0.15) is 34.6 Å². The van der Waals surface area contributed by atoms with Crippen molar-refractivity contribution in [1.29, 1.82) is 0 Å². The highest BCUT2D eigenvalue weighted by atomic mass is 16.6. The van der Waals surface area contributed by atoms with Gasteiger partial charge in [0.25, 0.3) is 0 Å². The van der Waals surface area contributed by atoms with Crippen molar-refractivity contribution in [3.63, 3.8) is 0 Å². The minimum Gasteiger partial charge on any atom is -0.444 e. The Morgan fingerprint density at radius 2 is 2.10 bits per heavy atom. The lowest BCUT2D eigenvalue weighted by molar-refractivity contribution is -0.124. The topological polar surface area (TPSA) is 70.7 Å². The third-order valence-corrected chi connectivity index (χ3v) is 3.46. The summed E-state index contributed by atoms with van der Waals surface area (Å²) in [7, 11) is 0. The van der Waals surface area contributed by atoms with Crippen LogP contribution in [-0.4, -0.2) is 55.2 Å². The van der Waals surface area contributed by atoms with E-state index in [2.05, 4.69) is 29.4 Å². The van der Waals surface area contributed by atoms with E-state index in [-0.39, 0.29) is 12.0 Å². The lowest BCUT2D eigenvalue weighted by atomic mass is 9.95. The van der Waals surface area contributed by atoms with E-state index in [0.717, 1.165) is 13.1 Å². The highest BCUT2D eigenvalue weighted by Gasteiger charge is 2.23. The Morgan fingerprint density at radius 1 is 1.43 bits per heavy atom. The summed E-state index contributed by atoms with van der Waals surface area (Å²) >= 11 is 0. The number of amides is 2. The van der Waals surface area contributed by atoms with Crippen molar-refractivity contribution in [2.24, 2.45) is 11.8 Å². The van der Waals surface area contributed by atoms with E-state index >= 15 is 0 Å². The molecule has 1 rings (SSSR count). The van der Waals surface area contributed by atoms with Gasteiger partial charge in [-0.25, -0.2) is 4.79 Å². The lowest BCUT2D eigenvalue weighted by Crippen LogP contribution is -2.50. The van der Waals surface area contributed by atoms with E-state index in [1.807, 2.05) is 20.8 Å². The Balaban J connectivity index is 2.43. The van der Waals surface area contributed by atoms with Gasteiger partial charge in [0, 0.05) is 26.2 Å². The number of nitrogens with one attached hydrogen (secondary N) is 2. The number of hydrogen-bond acceptors (Lipinski definition) is 4. The molecule has 6 nitrogen and oxygen atoms in total. The molecule has 0 spiro atoms. The molecule has 1 heterocycles. The maximum Gasteiger partial charge on any atom is 0.407 e. The molecule has 21 heavy (non-hydrogen) atoms. The van der Waals surface area contributed by atoms with Gasteiger partial charge < -0.3 is 15.4 Å². The van der Waals surface area contributed by atoms with Gasteiger partial charge >= 0.3 is 6.09 Å². The van der Waals surface area contributed by atoms with Crippen LogP contribution in [0.25, 0.3) is 0 Å². The molecule has 1 aliphatic rings. The van der Waals surface area contributed by atoms with Gasteiger partial charge in [0.15, 0.2) is 0 Å². The van der Waals surface area contributed by atoms with E-state index in [4.69, 9.17) is 4.74 Å². The zero-order valence-electron chi connectivity index (χ0n) is 13.9. The summed E-state index contributed by atoms with van der Waals surface area (Å²) in [6.07, 6.45) is -0.385. The maximum absolute atomic E-state index is 11.7. The van der Waals surface area contributed by atoms with Crippen molar-refractivity contribution in [3.8, 4) is 0 Å². The average Bonchev–Trinajstić information content (AvgIpc) is 2.32. The van der Waals surface area contributed by atoms with Crippen LogP contribution in [0.15, 0.2) is 0 Å². The molecule has 0 bridgehead atoms. The quantitative estimate of drug-likeness (QED) is 0.800. The molecule has 1 atom stereocenters. The van der Waals surface area contributed by atoms with Crippen LogP contribution in [0.3, 0.4) is 0 Å². The van der Waals surface area contributed by atoms with E-state index in [0.29, 0.717) is 31.5 Å². The van der Waals surface area contributed by atoms with Gasteiger partial charge in [0.1, 0.15) is 5.60 Å². The molecule has 2 amide bonds. The predicted octanol–water partition coefficient (Wildman–Crippen LogP) is 1.22. The molecule has 2 N–H and O–H groups in total. The van der Waals surface area contributed by atoms with E-state index < -0.39 is 5.60 Å². The Labute approximate surface area is 127 Å². The van der Waals surface area contributed by atoms with Crippen molar-refractivity contribution in [1.82, 2.24) is 15.5 Å². The number of piperazine rings is 1. The molecule has 1 unspecified atom stereocenters. The van der Waals surface area contributed by atoms with Crippen LogP contribution in [0.2, 0.25) is 0 Å². The van der Waals surface area contributed by atoms with Gasteiger partial charge in [-0.1, -0.05) is 13.8 Å². The monoisotopic (exact) mass is 299 g/mol. The zero-order valence-corrected chi connectivity index (χ0v) is 13.9. The molecule has 0 aromatic heterocycles. The van der Waals surface area contributed by atoms with Crippen molar-refractivity contribution in [2.75, 3.05) is 32.7 Å². The molecule has 1 saturated heterocycles. The molecule has 122 valence electrons. The minimum absolute atomic E-state index is 0.0730. The normalized spacial score (nSPS) is 18.3. The summed E-state index contributed by atoms with van der Waals surface area (Å²) in [5.74, 6) is 0.789. The Hall–Kier alpha value is -1.30. The molecule has 0 radical (unpaired) electrons. The average molecular weight is 299 g/mol. The minimum atomic E-state index is -0.484. The van der Waals surface area contributed by atoms with Gasteiger partial charge in [0.2, 0.25) is 5.91 Å². The number of carbonyl (C=O) groups excluding carboxylic acids is 2. The van der Waals surface area contributed by atoms with Crippen LogP contribution in [0.4, 0.5) is 4.79 Å². The van der Waals surface area contributed by atoms with E-state index in [9.17, 15) is 9.59 Å². The van der Waals surface area contributed by atoms with Crippen molar-refractivity contribution in [2.45, 2.75) is 40.2 Å². The second kappa shape index (κ2) is 7.64. The van der Waals surface area contributed by atoms with Crippen molar-refractivity contribution >= 4 is 12.0 Å². The summed E-state index contributed by atoms with van der Waals surface area (Å²) in [6.45, 7) is 13.2. The standard InChI is InChI=1S/C15H29N3O3/c1-11(2)12(8-17-14(20)21-15(3,4)5)9-18-7-6-16-13(19)10-18/h11-12H,6-10H2,1-5H3,(H,16,19)(H,17,20). The predicted molar refractivity (Wildman–Crippen MR) is 82.0 cm³/mol. The highest BCUT2D eigenvalue weighted by Crippen LogP contribution is 2.13. The van der Waals surface area contributed by atoms with Crippen LogP contribution >= 0.6 is 0 Å². The molecule has 0 aliphatic carbocycles. The third kappa shape index (κ3) is 7.32. The zero-order chi connectivity index (χ0) is 16.0. The first-order chi connectivity index (χ1) is 9.67. The maximum atomic E-state index is 11.7. The SMILES string of the molecule is CC(C)C(CNC(=O)OC(C)(C)C)CN1CCNC(=O)C1. The Bertz CT molecular complexity index is 364. The van der Waals surface area contributed by atoms with Crippen LogP contribution in [0, 0.1) is 11.8 Å². The van der Waals surface area contributed by atoms with Gasteiger partial charge in [-0.05, 0) is 32.6 Å². The fraction of sp³-hybridized carbons (Fsp3) is 0.867. The number of nitrogens with zero attached hydrogens (tertiary/aromatic N) is 1. The Kier molecular flexibility index (Phi) is 6.45. The van der Waals surface area contributed by atoms with Crippen LogP contribution < -0.4 is 10.6 Å². The number of alkyl carbamates (subject to hydrolysis) is 1. The smallest absolute Gasteiger partial charge is 0.407 e. The summed E-state index contributed by atoms with van der Waals surface area (Å²) in [4.78, 5) is 25.3. The van der Waals surface area contributed by atoms with Gasteiger partial charge in [-0.3, -0.25) is 9.69 Å². The molecular weight excluding hydrogens is 270 g/mol. The first-order valence-electron chi connectivity index (χ1n) is 7.63. The fourth-order valence-corrected chi connectivity index (χ4v) is 2.22. The molecule has 0 aromatic carbocycles. The largest absolute Gasteiger partial charge is 0.444 e. The number of ether oxygens (including phenoxy) is 1. The first-order valence-corrected chi connectivity index (χ1v) is 7.63. The summed E-state index contributed by atoms with van der Waals surface area (Å²) in [6, 6.07) is 0. The second-order valence-corrected chi connectivity index (χ2v) is 6.97. The molecule has 6 heteroatoms. The fourth-order valence-electron chi connectivity index (χ4n) is 2.22. The molecule has 0 saturated carbocycles. The van der Waals surface area contributed by atoms with Gasteiger partial charge in [-0.2, -0.15) is 0 Å². The second-order valence-electron chi connectivity index (χ2n) is 6.97. The molecule has 1 fully saturated rings. The summed E-state index contributed by atoms with van der Waals surface area (Å²) in [5.41, 5.74) is -0.484. The lowest BCUT2D eigenvalue weighted by Gasteiger charge is -2.32. The summed E-state index contributed by atoms with van der Waals surface area (Å²) in [5, 5.41) is 5.65. The summed E-state index contributed by atoms with van der Waals surface area (Å²) < 4.78 is 5.25. The van der Waals surface area contributed by atoms with Crippen molar-refractivity contribution in [3.05, 3.63) is 0 Å². The van der Waals surface area contributed by atoms with E-state index in [1.165, 1.54) is 0 Å².